The van der Waals surface area contributed by atoms with Gasteiger partial charge in [0, 0.05) is 43.2 Å². The van der Waals surface area contributed by atoms with Crippen LogP contribution in [0.25, 0.3) is 11.1 Å². The maximum absolute atomic E-state index is 13.3. The molecule has 2 N–H and O–H groups in total. The van der Waals surface area contributed by atoms with E-state index >= 15 is 0 Å². The first-order chi connectivity index (χ1) is 16.7. The third kappa shape index (κ3) is 5.58. The Morgan fingerprint density at radius 1 is 1.03 bits per heavy atom. The third-order valence-corrected chi connectivity index (χ3v) is 5.60. The van der Waals surface area contributed by atoms with E-state index in [-0.39, 0.29) is 18.4 Å². The summed E-state index contributed by atoms with van der Waals surface area (Å²) in [7, 11) is 1.46. The van der Waals surface area contributed by atoms with Gasteiger partial charge in [0.15, 0.2) is 0 Å². The van der Waals surface area contributed by atoms with Gasteiger partial charge in [-0.1, -0.05) is 41.6 Å². The molecule has 34 heavy (non-hydrogen) atoms. The molecule has 0 aliphatic carbocycles. The smallest absolute Gasteiger partial charge is 0.254 e. The molecule has 0 saturated carbocycles. The number of amides is 2. The van der Waals surface area contributed by atoms with Crippen LogP contribution in [0.5, 0.6) is 0 Å². The van der Waals surface area contributed by atoms with Crippen molar-refractivity contribution in [1.82, 2.24) is 15.2 Å². The third-order valence-electron chi connectivity index (χ3n) is 5.60. The Morgan fingerprint density at radius 3 is 2.53 bits per heavy atom. The molecule has 4 rings (SSSR count). The van der Waals surface area contributed by atoms with Crippen LogP contribution in [0.1, 0.15) is 16.8 Å². The number of benzene rings is 2. The number of hydrogen-bond acceptors (Lipinski definition) is 6. The first-order valence-corrected chi connectivity index (χ1v) is 11.1. The molecule has 1 aliphatic rings. The molecule has 1 atom stereocenters. The Bertz CT molecular complexity index is 1130. The van der Waals surface area contributed by atoms with Gasteiger partial charge in [-0.15, -0.1) is 0 Å². The first kappa shape index (κ1) is 23.0. The summed E-state index contributed by atoms with van der Waals surface area (Å²) in [6.45, 7) is 1.26. The number of nitrogens with zero attached hydrogens (tertiary/aromatic N) is 3. The number of para-hydroxylation sites is 1. The van der Waals surface area contributed by atoms with Gasteiger partial charge in [0.25, 0.3) is 5.91 Å². The zero-order valence-electron chi connectivity index (χ0n) is 19.0. The predicted octanol–water partition coefficient (Wildman–Crippen LogP) is 3.19. The minimum Gasteiger partial charge on any atom is -0.399 e. The molecule has 0 spiro atoms. The van der Waals surface area contributed by atoms with E-state index in [0.717, 1.165) is 16.8 Å². The minimum absolute atomic E-state index is 0.212. The standard InChI is InChI=1S/C26H27N5O3/c1-34-30-23-16-24(25(32)29-15-14-28-22-7-3-2-4-8-22)31(18-23)26(33)20-11-9-19(10-12-20)21-6-5-13-27-17-21/h2-13,17,24,28H,14-16,18H2,1H3,(H,29,32)/b30-23+/t24-/m0/s1. The molecular weight excluding hydrogens is 430 g/mol. The highest BCUT2D eigenvalue weighted by molar-refractivity contribution is 6.05. The van der Waals surface area contributed by atoms with Gasteiger partial charge in [-0.25, -0.2) is 0 Å². The average Bonchev–Trinajstić information content (AvgIpc) is 3.31. The maximum atomic E-state index is 13.3. The predicted molar refractivity (Wildman–Crippen MR) is 131 cm³/mol. The Hall–Kier alpha value is -4.20. The highest BCUT2D eigenvalue weighted by Gasteiger charge is 2.38. The number of oxime groups is 1. The Kier molecular flexibility index (Phi) is 7.49. The van der Waals surface area contributed by atoms with E-state index in [0.29, 0.717) is 30.8 Å². The number of carbonyl (C=O) groups is 2. The van der Waals surface area contributed by atoms with Crippen LogP contribution in [-0.4, -0.2) is 60.2 Å². The molecule has 0 radical (unpaired) electrons. The Morgan fingerprint density at radius 2 is 1.82 bits per heavy atom. The molecule has 174 valence electrons. The van der Waals surface area contributed by atoms with Gasteiger partial charge in [0.1, 0.15) is 13.2 Å². The summed E-state index contributed by atoms with van der Waals surface area (Å²) in [5.41, 5.74) is 4.09. The number of pyridine rings is 1. The second-order valence-corrected chi connectivity index (χ2v) is 7.90. The molecule has 2 heterocycles. The number of aromatic nitrogens is 1. The quantitative estimate of drug-likeness (QED) is 0.400. The average molecular weight is 458 g/mol. The van der Waals surface area contributed by atoms with E-state index in [1.54, 1.807) is 29.4 Å². The Labute approximate surface area is 198 Å². The van der Waals surface area contributed by atoms with Crippen molar-refractivity contribution in [2.75, 3.05) is 32.1 Å². The summed E-state index contributed by atoms with van der Waals surface area (Å²) in [4.78, 5) is 36.8. The van der Waals surface area contributed by atoms with Gasteiger partial charge in [-0.05, 0) is 41.5 Å². The van der Waals surface area contributed by atoms with E-state index in [4.69, 9.17) is 4.84 Å². The molecule has 0 unspecified atom stereocenters. The van der Waals surface area contributed by atoms with Crippen LogP contribution in [0.4, 0.5) is 5.69 Å². The number of carbonyl (C=O) groups excluding carboxylic acids is 2. The van der Waals surface area contributed by atoms with Crippen LogP contribution in [-0.2, 0) is 9.63 Å². The van der Waals surface area contributed by atoms with Gasteiger partial charge in [-0.2, -0.15) is 0 Å². The van der Waals surface area contributed by atoms with E-state index < -0.39 is 6.04 Å². The SMILES string of the molecule is CO/N=C1\C[C@@H](C(=O)NCCNc2ccccc2)N(C(=O)c2ccc(-c3cccnc3)cc2)C1. The van der Waals surface area contributed by atoms with Gasteiger partial charge in [-0.3, -0.25) is 14.6 Å². The molecule has 8 heteroatoms. The molecule has 3 aromatic rings. The van der Waals surface area contributed by atoms with Crippen molar-refractivity contribution >= 4 is 23.2 Å². The summed E-state index contributed by atoms with van der Waals surface area (Å²) >= 11 is 0. The lowest BCUT2D eigenvalue weighted by atomic mass is 10.0. The van der Waals surface area contributed by atoms with Crippen molar-refractivity contribution < 1.29 is 14.4 Å². The molecule has 0 bridgehead atoms. The van der Waals surface area contributed by atoms with Gasteiger partial charge < -0.3 is 20.4 Å². The summed E-state index contributed by atoms with van der Waals surface area (Å²) in [6.07, 6.45) is 3.83. The van der Waals surface area contributed by atoms with Crippen LogP contribution < -0.4 is 10.6 Å². The van der Waals surface area contributed by atoms with E-state index in [2.05, 4.69) is 20.8 Å². The molecular formula is C26H27N5O3. The van der Waals surface area contributed by atoms with Crippen LogP contribution in [0.2, 0.25) is 0 Å². The summed E-state index contributed by atoms with van der Waals surface area (Å²) in [5, 5.41) is 10.2. The number of anilines is 1. The Balaban J connectivity index is 1.41. The van der Waals surface area contributed by atoms with Crippen molar-refractivity contribution in [3.8, 4) is 11.1 Å². The van der Waals surface area contributed by atoms with Crippen molar-refractivity contribution in [1.29, 1.82) is 0 Å². The van der Waals surface area contributed by atoms with Crippen LogP contribution >= 0.6 is 0 Å². The first-order valence-electron chi connectivity index (χ1n) is 11.1. The van der Waals surface area contributed by atoms with Crippen LogP contribution in [0, 0.1) is 0 Å². The maximum Gasteiger partial charge on any atom is 0.254 e. The zero-order valence-corrected chi connectivity index (χ0v) is 19.0. The number of nitrogens with one attached hydrogen (secondary N) is 2. The second-order valence-electron chi connectivity index (χ2n) is 7.90. The van der Waals surface area contributed by atoms with E-state index in [1.807, 2.05) is 54.6 Å². The van der Waals surface area contributed by atoms with Gasteiger partial charge in [0.05, 0.1) is 12.3 Å². The lowest BCUT2D eigenvalue weighted by molar-refractivity contribution is -0.124. The minimum atomic E-state index is -0.642. The second kappa shape index (κ2) is 11.1. The summed E-state index contributed by atoms with van der Waals surface area (Å²) in [6, 6.07) is 20.3. The lowest BCUT2D eigenvalue weighted by Crippen LogP contribution is -2.46. The molecule has 1 fully saturated rings. The monoisotopic (exact) mass is 457 g/mol. The highest BCUT2D eigenvalue weighted by atomic mass is 16.6. The number of rotatable bonds is 8. The van der Waals surface area contributed by atoms with Crippen molar-refractivity contribution in [3.63, 3.8) is 0 Å². The van der Waals surface area contributed by atoms with Crippen molar-refractivity contribution in [2.24, 2.45) is 5.16 Å². The van der Waals surface area contributed by atoms with Crippen molar-refractivity contribution in [3.05, 3.63) is 84.7 Å². The molecule has 2 aromatic carbocycles. The van der Waals surface area contributed by atoms with Crippen LogP contribution in [0.3, 0.4) is 0 Å². The van der Waals surface area contributed by atoms with Gasteiger partial charge in [0.2, 0.25) is 5.91 Å². The molecule has 1 aromatic heterocycles. The zero-order chi connectivity index (χ0) is 23.8. The lowest BCUT2D eigenvalue weighted by Gasteiger charge is -2.23. The van der Waals surface area contributed by atoms with Crippen LogP contribution in [0.15, 0.2) is 84.3 Å². The molecule has 2 amide bonds. The number of likely N-dealkylation sites (tertiary alicyclic amines) is 1. The summed E-state index contributed by atoms with van der Waals surface area (Å²) in [5.74, 6) is -0.432. The van der Waals surface area contributed by atoms with Gasteiger partial charge >= 0.3 is 0 Å². The summed E-state index contributed by atoms with van der Waals surface area (Å²) < 4.78 is 0. The topological polar surface area (TPSA) is 95.9 Å². The van der Waals surface area contributed by atoms with E-state index in [9.17, 15) is 9.59 Å². The highest BCUT2D eigenvalue weighted by Crippen LogP contribution is 2.22. The number of hydrogen-bond donors (Lipinski definition) is 2. The fourth-order valence-electron chi connectivity index (χ4n) is 3.92. The fraction of sp³-hybridized carbons (Fsp3) is 0.231. The normalized spacial score (nSPS) is 16.3. The molecule has 1 saturated heterocycles. The largest absolute Gasteiger partial charge is 0.399 e. The van der Waals surface area contributed by atoms with E-state index in [1.165, 1.54) is 7.11 Å². The molecule has 1 aliphatic heterocycles. The fourth-order valence-corrected chi connectivity index (χ4v) is 3.92. The van der Waals surface area contributed by atoms with Crippen molar-refractivity contribution in [2.45, 2.75) is 12.5 Å². The molecule has 8 nitrogen and oxygen atoms in total.